The molecule has 0 radical (unpaired) electrons. The molecule has 2 aromatic rings. The first-order valence-corrected chi connectivity index (χ1v) is 11.0. The predicted molar refractivity (Wildman–Crippen MR) is 111 cm³/mol. The summed E-state index contributed by atoms with van der Waals surface area (Å²) in [7, 11) is 0. The molecule has 0 unspecified atom stereocenters. The number of pyridine rings is 1. The number of likely N-dealkylation sites (tertiary alicyclic amines) is 1. The van der Waals surface area contributed by atoms with Crippen LogP contribution in [0.4, 0.5) is 8.78 Å². The van der Waals surface area contributed by atoms with Crippen LogP contribution in [0.25, 0.3) is 0 Å². The van der Waals surface area contributed by atoms with E-state index in [0.29, 0.717) is 18.7 Å². The summed E-state index contributed by atoms with van der Waals surface area (Å²) >= 11 is 0. The zero-order valence-electron chi connectivity index (χ0n) is 17.2. The molecule has 2 heterocycles. The van der Waals surface area contributed by atoms with E-state index in [0.717, 1.165) is 56.8 Å². The number of benzene rings is 1. The second-order valence-corrected chi connectivity index (χ2v) is 8.57. The topological polar surface area (TPSA) is 45.2 Å². The first kappa shape index (κ1) is 20.9. The molecule has 30 heavy (non-hydrogen) atoms. The zero-order chi connectivity index (χ0) is 20.9. The average Bonchev–Trinajstić information content (AvgIpc) is 3.31. The fraction of sp³-hybridized carbons (Fsp3) is 0.500. The third-order valence-corrected chi connectivity index (χ3v) is 6.47. The van der Waals surface area contributed by atoms with E-state index < -0.39 is 11.6 Å². The fourth-order valence-electron chi connectivity index (χ4n) is 4.87. The lowest BCUT2D eigenvalue weighted by molar-refractivity contribution is -0.126. The highest BCUT2D eigenvalue weighted by atomic mass is 19.2. The molecule has 0 spiro atoms. The maximum absolute atomic E-state index is 14.2. The van der Waals surface area contributed by atoms with Crippen molar-refractivity contribution in [3.63, 3.8) is 0 Å². The van der Waals surface area contributed by atoms with Gasteiger partial charge in [-0.1, -0.05) is 31.0 Å². The number of nitrogens with zero attached hydrogens (tertiary/aromatic N) is 2. The van der Waals surface area contributed by atoms with E-state index in [9.17, 15) is 13.6 Å². The average molecular weight is 414 g/mol. The number of piperidine rings is 1. The molecule has 1 amide bonds. The van der Waals surface area contributed by atoms with Crippen LogP contribution in [0.2, 0.25) is 0 Å². The monoisotopic (exact) mass is 413 g/mol. The van der Waals surface area contributed by atoms with Crippen LogP contribution in [0, 0.1) is 23.5 Å². The van der Waals surface area contributed by atoms with E-state index in [1.54, 1.807) is 18.3 Å². The minimum absolute atomic E-state index is 0.0947. The summed E-state index contributed by atoms with van der Waals surface area (Å²) in [6.45, 7) is 1.91. The SMILES string of the molecule is O=C(N[C@H](c1ccccn1)[C@@H]1CCCN(Cc2cccc(F)c2F)C1)C1CCCC1. The van der Waals surface area contributed by atoms with E-state index >= 15 is 0 Å². The van der Waals surface area contributed by atoms with Crippen molar-refractivity contribution in [2.75, 3.05) is 13.1 Å². The zero-order valence-corrected chi connectivity index (χ0v) is 17.2. The van der Waals surface area contributed by atoms with Gasteiger partial charge >= 0.3 is 0 Å². The van der Waals surface area contributed by atoms with Crippen LogP contribution < -0.4 is 5.32 Å². The van der Waals surface area contributed by atoms with Crippen LogP contribution in [0.3, 0.4) is 0 Å². The van der Waals surface area contributed by atoms with Gasteiger partial charge in [-0.25, -0.2) is 8.78 Å². The predicted octanol–water partition coefficient (Wildman–Crippen LogP) is 4.62. The van der Waals surface area contributed by atoms with Gasteiger partial charge in [0.1, 0.15) is 0 Å². The van der Waals surface area contributed by atoms with Crippen molar-refractivity contribution in [3.05, 3.63) is 65.5 Å². The third-order valence-electron chi connectivity index (χ3n) is 6.47. The summed E-state index contributed by atoms with van der Waals surface area (Å²) < 4.78 is 27.8. The van der Waals surface area contributed by atoms with Gasteiger partial charge in [0.15, 0.2) is 11.6 Å². The molecule has 1 saturated heterocycles. The molecule has 1 saturated carbocycles. The van der Waals surface area contributed by atoms with Gasteiger partial charge in [0.05, 0.1) is 11.7 Å². The number of carbonyl (C=O) groups is 1. The first-order chi connectivity index (χ1) is 14.6. The van der Waals surface area contributed by atoms with E-state index in [1.807, 2.05) is 18.2 Å². The van der Waals surface area contributed by atoms with Crippen LogP contribution in [0.1, 0.15) is 55.8 Å². The van der Waals surface area contributed by atoms with Crippen molar-refractivity contribution >= 4 is 5.91 Å². The maximum atomic E-state index is 14.2. The van der Waals surface area contributed by atoms with Gasteiger partial charge < -0.3 is 5.32 Å². The molecular weight excluding hydrogens is 384 g/mol. The highest BCUT2D eigenvalue weighted by Gasteiger charge is 2.33. The molecule has 1 aliphatic heterocycles. The van der Waals surface area contributed by atoms with Crippen LogP contribution in [0.5, 0.6) is 0 Å². The molecule has 1 aromatic heterocycles. The first-order valence-electron chi connectivity index (χ1n) is 11.0. The number of hydrogen-bond acceptors (Lipinski definition) is 3. The maximum Gasteiger partial charge on any atom is 0.223 e. The van der Waals surface area contributed by atoms with E-state index in [4.69, 9.17) is 0 Å². The molecule has 2 fully saturated rings. The van der Waals surface area contributed by atoms with Crippen molar-refractivity contribution in [1.29, 1.82) is 0 Å². The van der Waals surface area contributed by atoms with Crippen molar-refractivity contribution in [3.8, 4) is 0 Å². The number of amides is 1. The molecule has 2 atom stereocenters. The quantitative estimate of drug-likeness (QED) is 0.752. The number of halogens is 2. The molecular formula is C24H29F2N3O. The Bertz CT molecular complexity index is 855. The Hall–Kier alpha value is -2.34. The summed E-state index contributed by atoms with van der Waals surface area (Å²) in [5.41, 5.74) is 1.24. The van der Waals surface area contributed by atoms with Gasteiger partial charge in [0.25, 0.3) is 0 Å². The van der Waals surface area contributed by atoms with Crippen molar-refractivity contribution < 1.29 is 13.6 Å². The van der Waals surface area contributed by atoms with Crippen LogP contribution in [-0.4, -0.2) is 28.9 Å². The summed E-state index contributed by atoms with van der Waals surface area (Å²) in [5, 5.41) is 3.29. The Morgan fingerprint density at radius 3 is 2.70 bits per heavy atom. The second kappa shape index (κ2) is 9.65. The Morgan fingerprint density at radius 1 is 1.10 bits per heavy atom. The summed E-state index contributed by atoms with van der Waals surface area (Å²) in [6, 6.07) is 9.95. The molecule has 1 aromatic carbocycles. The van der Waals surface area contributed by atoms with E-state index in [-0.39, 0.29) is 23.8 Å². The van der Waals surface area contributed by atoms with Gasteiger partial charge in [-0.2, -0.15) is 0 Å². The van der Waals surface area contributed by atoms with Gasteiger partial charge in [-0.15, -0.1) is 0 Å². The van der Waals surface area contributed by atoms with Gasteiger partial charge in [0, 0.05) is 30.8 Å². The Balaban J connectivity index is 1.49. The Labute approximate surface area is 176 Å². The summed E-state index contributed by atoms with van der Waals surface area (Å²) in [6.07, 6.45) is 7.81. The lowest BCUT2D eigenvalue weighted by atomic mass is 9.87. The van der Waals surface area contributed by atoms with Gasteiger partial charge in [0.2, 0.25) is 5.91 Å². The molecule has 1 aliphatic carbocycles. The number of hydrogen-bond donors (Lipinski definition) is 1. The lowest BCUT2D eigenvalue weighted by Crippen LogP contribution is -2.44. The lowest BCUT2D eigenvalue weighted by Gasteiger charge is -2.37. The summed E-state index contributed by atoms with van der Waals surface area (Å²) in [5.74, 6) is -1.18. The molecule has 160 valence electrons. The number of aromatic nitrogens is 1. The minimum Gasteiger partial charge on any atom is -0.347 e. The van der Waals surface area contributed by atoms with Crippen molar-refractivity contribution in [2.45, 2.75) is 51.1 Å². The normalized spacial score (nSPS) is 21.5. The van der Waals surface area contributed by atoms with Crippen LogP contribution in [0.15, 0.2) is 42.6 Å². The smallest absolute Gasteiger partial charge is 0.223 e. The molecule has 4 rings (SSSR count). The van der Waals surface area contributed by atoms with Crippen molar-refractivity contribution in [2.24, 2.45) is 11.8 Å². The Morgan fingerprint density at radius 2 is 1.93 bits per heavy atom. The minimum atomic E-state index is -0.809. The third kappa shape index (κ3) is 4.86. The Kier molecular flexibility index (Phi) is 6.72. The summed E-state index contributed by atoms with van der Waals surface area (Å²) in [4.78, 5) is 19.6. The van der Waals surface area contributed by atoms with Gasteiger partial charge in [-0.3, -0.25) is 14.7 Å². The van der Waals surface area contributed by atoms with Crippen molar-refractivity contribution in [1.82, 2.24) is 15.2 Å². The van der Waals surface area contributed by atoms with Crippen LogP contribution in [-0.2, 0) is 11.3 Å². The van der Waals surface area contributed by atoms with E-state index in [2.05, 4.69) is 15.2 Å². The molecule has 1 N–H and O–H groups in total. The number of rotatable bonds is 6. The molecule has 0 bridgehead atoms. The standard InChI is InChI=1S/C24H29F2N3O/c25-20-11-5-9-18(22(20)26)15-29-14-6-10-19(16-29)23(21-12-3-4-13-27-21)28-24(30)17-7-1-2-8-17/h3-5,9,11-13,17,19,23H,1-2,6-8,10,14-16H2,(H,28,30)/t19-,23+/m1/s1. The molecule has 6 heteroatoms. The molecule has 4 nitrogen and oxygen atoms in total. The second-order valence-electron chi connectivity index (χ2n) is 8.57. The highest BCUT2D eigenvalue weighted by Crippen LogP contribution is 2.32. The highest BCUT2D eigenvalue weighted by molar-refractivity contribution is 5.79. The number of nitrogens with one attached hydrogen (secondary N) is 1. The molecule has 2 aliphatic rings. The van der Waals surface area contributed by atoms with Crippen LogP contribution >= 0.6 is 0 Å². The van der Waals surface area contributed by atoms with Gasteiger partial charge in [-0.05, 0) is 56.3 Å². The largest absolute Gasteiger partial charge is 0.347 e. The number of carbonyl (C=O) groups excluding carboxylic acids is 1. The fourth-order valence-corrected chi connectivity index (χ4v) is 4.87. The van der Waals surface area contributed by atoms with E-state index in [1.165, 1.54) is 0 Å².